The molecule has 0 spiro atoms. The van der Waals surface area contributed by atoms with Gasteiger partial charge in [0.1, 0.15) is 5.75 Å². The van der Waals surface area contributed by atoms with Gasteiger partial charge in [0.2, 0.25) is 0 Å². The molecule has 7 N–H and O–H groups in total. The van der Waals surface area contributed by atoms with Crippen LogP contribution in [0.2, 0.25) is 0 Å². The van der Waals surface area contributed by atoms with Gasteiger partial charge in [-0.3, -0.25) is 4.89 Å². The number of ether oxygens (including phenoxy) is 2. The smallest absolute Gasteiger partial charge is 0.368 e. The van der Waals surface area contributed by atoms with Crippen LogP contribution in [-0.4, -0.2) is 106 Å². The zero-order valence-electron chi connectivity index (χ0n) is 34.2. The molecule has 52 heavy (non-hydrogen) atoms. The van der Waals surface area contributed by atoms with Crippen LogP contribution in [0.1, 0.15) is 121 Å². The van der Waals surface area contributed by atoms with Gasteiger partial charge in [0.15, 0.2) is 6.61 Å². The van der Waals surface area contributed by atoms with E-state index in [1.165, 1.54) is 26.2 Å². The van der Waals surface area contributed by atoms with E-state index in [1.54, 1.807) is 67.5 Å². The number of aliphatic hydroxyl groups is 7. The van der Waals surface area contributed by atoms with Crippen molar-refractivity contribution in [3.63, 3.8) is 0 Å². The maximum Gasteiger partial charge on any atom is 0.368 e. The van der Waals surface area contributed by atoms with Crippen LogP contribution in [0.15, 0.2) is 54.6 Å². The normalized spacial score (nSPS) is 9.87. The topological polar surface area (TPSA) is 213 Å². The Morgan fingerprint density at radius 1 is 0.577 bits per heavy atom. The second-order valence-electron chi connectivity index (χ2n) is 10.0. The standard InChI is InChI=1S/C25H36O6.7C2H6O/c1-6-7-8-9-10-11-15-18-25(19-28-23(26)20(2)3,31-30-24(27)21(4)5)29-22-16-13-12-14-17-22;7*1-2-3/h12-14,16-17H,2,4,6-11,15,18-19H2,1,3,5H3;7*3H,2H2,1H3. The van der Waals surface area contributed by atoms with Crippen LogP contribution >= 0.6 is 0 Å². The lowest BCUT2D eigenvalue weighted by Crippen LogP contribution is -2.45. The van der Waals surface area contributed by atoms with E-state index < -0.39 is 17.7 Å². The highest BCUT2D eigenvalue weighted by Crippen LogP contribution is 2.27. The van der Waals surface area contributed by atoms with Crippen LogP contribution in [0, 0.1) is 0 Å². The zero-order chi connectivity index (χ0) is 42.1. The van der Waals surface area contributed by atoms with Crippen LogP contribution in [-0.2, 0) is 24.1 Å². The molecule has 0 radical (unpaired) electrons. The Hall–Kier alpha value is -2.88. The minimum absolute atomic E-state index is 0.184. The largest absolute Gasteiger partial charge is 0.455 e. The average molecular weight is 755 g/mol. The Morgan fingerprint density at radius 3 is 1.27 bits per heavy atom. The summed E-state index contributed by atoms with van der Waals surface area (Å²) in [5, 5.41) is 53.0. The molecule has 1 aromatic carbocycles. The minimum atomic E-state index is -1.49. The fraction of sp³-hybridized carbons (Fsp3) is 0.692. The highest BCUT2D eigenvalue weighted by Gasteiger charge is 2.39. The third-order valence-electron chi connectivity index (χ3n) is 4.60. The highest BCUT2D eigenvalue weighted by atomic mass is 17.2. The number of para-hydroxylation sites is 1. The molecule has 0 bridgehead atoms. The van der Waals surface area contributed by atoms with Crippen molar-refractivity contribution in [2.45, 2.75) is 126 Å². The number of unbranched alkanes of at least 4 members (excludes halogenated alkanes) is 6. The van der Waals surface area contributed by atoms with Gasteiger partial charge in [-0.25, -0.2) is 9.59 Å². The van der Waals surface area contributed by atoms with Crippen LogP contribution < -0.4 is 4.74 Å². The molecule has 0 amide bonds. The van der Waals surface area contributed by atoms with Crippen LogP contribution in [0.5, 0.6) is 5.75 Å². The van der Waals surface area contributed by atoms with Gasteiger partial charge < -0.3 is 45.2 Å². The maximum absolute atomic E-state index is 12.0. The van der Waals surface area contributed by atoms with E-state index in [9.17, 15) is 9.59 Å². The summed E-state index contributed by atoms with van der Waals surface area (Å²) in [5.41, 5.74) is 0.437. The molecule has 0 saturated carbocycles. The molecule has 0 aliphatic heterocycles. The molecule has 1 unspecified atom stereocenters. The molecule has 0 aliphatic carbocycles. The summed E-state index contributed by atoms with van der Waals surface area (Å²) < 4.78 is 11.4. The lowest BCUT2D eigenvalue weighted by atomic mass is 10.0. The van der Waals surface area contributed by atoms with Gasteiger partial charge >= 0.3 is 11.9 Å². The van der Waals surface area contributed by atoms with E-state index in [0.717, 1.165) is 25.7 Å². The van der Waals surface area contributed by atoms with Crippen LogP contribution in [0.25, 0.3) is 0 Å². The van der Waals surface area contributed by atoms with Crippen LogP contribution in [0.3, 0.4) is 0 Å². The molecule has 1 atom stereocenters. The molecular weight excluding hydrogens is 676 g/mol. The minimum Gasteiger partial charge on any atom is -0.455 e. The molecule has 0 heterocycles. The summed E-state index contributed by atoms with van der Waals surface area (Å²) >= 11 is 0. The number of benzene rings is 1. The first-order valence-corrected chi connectivity index (χ1v) is 18.1. The van der Waals surface area contributed by atoms with Crippen molar-refractivity contribution >= 4 is 11.9 Å². The van der Waals surface area contributed by atoms with Crippen molar-refractivity contribution < 1.29 is 64.6 Å². The summed E-state index contributed by atoms with van der Waals surface area (Å²) in [4.78, 5) is 34.4. The Labute approximate surface area is 315 Å². The van der Waals surface area contributed by atoms with Gasteiger partial charge in [0.25, 0.3) is 5.79 Å². The first-order valence-electron chi connectivity index (χ1n) is 18.1. The van der Waals surface area contributed by atoms with Crippen molar-refractivity contribution in [3.05, 3.63) is 54.6 Å². The Kier molecular flexibility index (Phi) is 70.8. The predicted molar refractivity (Wildman–Crippen MR) is 209 cm³/mol. The summed E-state index contributed by atoms with van der Waals surface area (Å²) in [5.74, 6) is -2.27. The van der Waals surface area contributed by atoms with E-state index in [0.29, 0.717) is 12.2 Å². The molecule has 1 rings (SSSR count). The van der Waals surface area contributed by atoms with Gasteiger partial charge in [-0.15, -0.1) is 4.89 Å². The molecular formula is C39H78O13. The van der Waals surface area contributed by atoms with Crippen molar-refractivity contribution in [1.29, 1.82) is 0 Å². The molecule has 312 valence electrons. The molecule has 0 aliphatic rings. The molecule has 0 saturated heterocycles. The number of carbonyl (C=O) groups is 2. The molecule has 13 heteroatoms. The summed E-state index contributed by atoms with van der Waals surface area (Å²) in [6, 6.07) is 8.99. The zero-order valence-corrected chi connectivity index (χ0v) is 34.2. The lowest BCUT2D eigenvalue weighted by molar-refractivity contribution is -0.391. The van der Waals surface area contributed by atoms with E-state index in [4.69, 9.17) is 55.0 Å². The fourth-order valence-corrected chi connectivity index (χ4v) is 2.77. The summed E-state index contributed by atoms with van der Waals surface area (Å²) in [6.07, 6.45) is 7.95. The second kappa shape index (κ2) is 57.5. The monoisotopic (exact) mass is 755 g/mol. The number of hydrogen-bond acceptors (Lipinski definition) is 13. The number of esters is 1. The molecule has 0 aromatic heterocycles. The van der Waals surface area contributed by atoms with Crippen molar-refractivity contribution in [3.8, 4) is 5.75 Å². The van der Waals surface area contributed by atoms with E-state index in [1.807, 2.05) is 18.2 Å². The SMILES string of the molecule is C=C(C)C(=O)OCC(CCCCCCCCC)(OOC(=O)C(=C)C)Oc1ccccc1.CCO.CCO.CCO.CCO.CCO.CCO.CCO. The Morgan fingerprint density at radius 2 is 0.923 bits per heavy atom. The predicted octanol–water partition coefficient (Wildman–Crippen LogP) is 6.06. The van der Waals surface area contributed by atoms with Gasteiger partial charge in [-0.1, -0.05) is 76.8 Å². The maximum atomic E-state index is 12.0. The Balaban J connectivity index is -0.000000159. The van der Waals surface area contributed by atoms with E-state index in [-0.39, 0.29) is 64.0 Å². The first kappa shape index (κ1) is 64.1. The van der Waals surface area contributed by atoms with E-state index >= 15 is 0 Å². The number of hydrogen-bond donors (Lipinski definition) is 7. The lowest BCUT2D eigenvalue weighted by Gasteiger charge is -2.31. The highest BCUT2D eigenvalue weighted by molar-refractivity contribution is 5.87. The third-order valence-corrected chi connectivity index (χ3v) is 4.60. The first-order chi connectivity index (χ1) is 24.7. The van der Waals surface area contributed by atoms with Gasteiger partial charge in [0, 0.05) is 63.8 Å². The molecule has 13 nitrogen and oxygen atoms in total. The van der Waals surface area contributed by atoms with Crippen LogP contribution in [0.4, 0.5) is 0 Å². The quantitative estimate of drug-likeness (QED) is 0.0256. The molecule has 1 aromatic rings. The third kappa shape index (κ3) is 62.3. The van der Waals surface area contributed by atoms with E-state index in [2.05, 4.69) is 20.1 Å². The summed E-state index contributed by atoms with van der Waals surface area (Å²) in [6.45, 7) is 25.7. The van der Waals surface area contributed by atoms with Crippen molar-refractivity contribution in [2.24, 2.45) is 0 Å². The number of aliphatic hydroxyl groups excluding tert-OH is 7. The fourth-order valence-electron chi connectivity index (χ4n) is 2.77. The van der Waals surface area contributed by atoms with Crippen molar-refractivity contribution in [2.75, 3.05) is 52.9 Å². The second-order valence-corrected chi connectivity index (χ2v) is 10.0. The average Bonchev–Trinajstić information content (AvgIpc) is 3.08. The van der Waals surface area contributed by atoms with Gasteiger partial charge in [0.05, 0.1) is 0 Å². The molecule has 0 fully saturated rings. The Bertz CT molecular complexity index is 785. The van der Waals surface area contributed by atoms with Gasteiger partial charge in [-0.05, 0) is 80.9 Å². The number of rotatable bonds is 16. The number of carbonyl (C=O) groups excluding carboxylic acids is 2. The van der Waals surface area contributed by atoms with Crippen molar-refractivity contribution in [1.82, 2.24) is 0 Å². The summed E-state index contributed by atoms with van der Waals surface area (Å²) in [7, 11) is 0. The van der Waals surface area contributed by atoms with Gasteiger partial charge in [-0.2, -0.15) is 0 Å².